The second-order valence-electron chi connectivity index (χ2n) is 4.43. The molecular weight excluding hydrogens is 248 g/mol. The molecule has 0 unspecified atom stereocenters. The maximum absolute atomic E-state index is 11.7. The SMILES string of the molecule is O=C(CN1CCCNCC1)OCCc1cccs1. The van der Waals surface area contributed by atoms with E-state index < -0.39 is 0 Å². The van der Waals surface area contributed by atoms with Gasteiger partial charge in [0.05, 0.1) is 13.2 Å². The summed E-state index contributed by atoms with van der Waals surface area (Å²) in [4.78, 5) is 15.1. The number of carbonyl (C=O) groups is 1. The van der Waals surface area contributed by atoms with Crippen LogP contribution in [0, 0.1) is 0 Å². The maximum Gasteiger partial charge on any atom is 0.320 e. The van der Waals surface area contributed by atoms with Crippen molar-refractivity contribution >= 4 is 17.3 Å². The summed E-state index contributed by atoms with van der Waals surface area (Å²) in [5.74, 6) is -0.103. The largest absolute Gasteiger partial charge is 0.464 e. The number of nitrogens with zero attached hydrogens (tertiary/aromatic N) is 1. The normalized spacial score (nSPS) is 17.3. The molecule has 0 radical (unpaired) electrons. The number of hydrogen-bond acceptors (Lipinski definition) is 5. The van der Waals surface area contributed by atoms with Crippen molar-refractivity contribution in [1.29, 1.82) is 0 Å². The maximum atomic E-state index is 11.7. The van der Waals surface area contributed by atoms with Gasteiger partial charge in [0, 0.05) is 24.4 Å². The first-order valence-electron chi connectivity index (χ1n) is 6.45. The van der Waals surface area contributed by atoms with E-state index in [-0.39, 0.29) is 5.97 Å². The van der Waals surface area contributed by atoms with Crippen LogP contribution in [0.15, 0.2) is 17.5 Å². The smallest absolute Gasteiger partial charge is 0.320 e. The van der Waals surface area contributed by atoms with E-state index >= 15 is 0 Å². The van der Waals surface area contributed by atoms with Gasteiger partial charge in [-0.2, -0.15) is 0 Å². The van der Waals surface area contributed by atoms with Crippen LogP contribution in [-0.2, 0) is 16.0 Å². The van der Waals surface area contributed by atoms with Gasteiger partial charge < -0.3 is 10.1 Å². The molecule has 1 saturated heterocycles. The Hall–Kier alpha value is -0.910. The Morgan fingerprint density at radius 3 is 3.22 bits per heavy atom. The van der Waals surface area contributed by atoms with E-state index in [1.165, 1.54) is 4.88 Å². The third-order valence-electron chi connectivity index (χ3n) is 2.98. The number of nitrogens with one attached hydrogen (secondary N) is 1. The lowest BCUT2D eigenvalue weighted by atomic mass is 10.3. The van der Waals surface area contributed by atoms with E-state index in [1.54, 1.807) is 11.3 Å². The summed E-state index contributed by atoms with van der Waals surface area (Å²) in [6.45, 7) is 4.83. The second-order valence-corrected chi connectivity index (χ2v) is 5.46. The highest BCUT2D eigenvalue weighted by Gasteiger charge is 2.13. The van der Waals surface area contributed by atoms with Crippen LogP contribution in [0.1, 0.15) is 11.3 Å². The van der Waals surface area contributed by atoms with E-state index in [1.807, 2.05) is 11.4 Å². The molecule has 1 aromatic rings. The van der Waals surface area contributed by atoms with E-state index in [4.69, 9.17) is 4.74 Å². The molecule has 0 amide bonds. The van der Waals surface area contributed by atoms with E-state index in [2.05, 4.69) is 16.3 Å². The summed E-state index contributed by atoms with van der Waals surface area (Å²) in [5, 5.41) is 5.36. The van der Waals surface area contributed by atoms with Crippen molar-refractivity contribution in [3.05, 3.63) is 22.4 Å². The van der Waals surface area contributed by atoms with Gasteiger partial charge in [-0.1, -0.05) is 6.07 Å². The van der Waals surface area contributed by atoms with Crippen LogP contribution in [0.2, 0.25) is 0 Å². The van der Waals surface area contributed by atoms with Gasteiger partial charge in [-0.05, 0) is 31.0 Å². The van der Waals surface area contributed by atoms with E-state index in [9.17, 15) is 4.79 Å². The number of hydrogen-bond donors (Lipinski definition) is 1. The number of carbonyl (C=O) groups excluding carboxylic acids is 1. The zero-order chi connectivity index (χ0) is 12.6. The number of rotatable bonds is 5. The Labute approximate surface area is 112 Å². The molecule has 18 heavy (non-hydrogen) atoms. The summed E-state index contributed by atoms with van der Waals surface area (Å²) in [5.41, 5.74) is 0. The molecule has 0 bridgehead atoms. The first-order valence-corrected chi connectivity index (χ1v) is 7.33. The molecule has 2 heterocycles. The molecule has 1 N–H and O–H groups in total. The van der Waals surface area contributed by atoms with Crippen molar-refractivity contribution in [2.75, 3.05) is 39.3 Å². The topological polar surface area (TPSA) is 41.6 Å². The van der Waals surface area contributed by atoms with Crippen LogP contribution in [0.5, 0.6) is 0 Å². The fraction of sp³-hybridized carbons (Fsp3) is 0.615. The van der Waals surface area contributed by atoms with Crippen LogP contribution in [0.4, 0.5) is 0 Å². The third-order valence-corrected chi connectivity index (χ3v) is 3.91. The average Bonchev–Trinajstić information content (AvgIpc) is 2.74. The molecule has 4 nitrogen and oxygen atoms in total. The van der Waals surface area contributed by atoms with Crippen LogP contribution >= 0.6 is 11.3 Å². The lowest BCUT2D eigenvalue weighted by Crippen LogP contribution is -2.34. The Balaban J connectivity index is 1.62. The van der Waals surface area contributed by atoms with E-state index in [0.717, 1.165) is 39.0 Å². The first-order chi connectivity index (χ1) is 8.84. The van der Waals surface area contributed by atoms with Crippen LogP contribution in [0.3, 0.4) is 0 Å². The second kappa shape index (κ2) is 7.51. The summed E-state index contributed by atoms with van der Waals surface area (Å²) in [7, 11) is 0. The predicted molar refractivity (Wildman–Crippen MR) is 72.9 cm³/mol. The van der Waals surface area contributed by atoms with Crippen molar-refractivity contribution in [2.24, 2.45) is 0 Å². The van der Waals surface area contributed by atoms with Crippen molar-refractivity contribution in [1.82, 2.24) is 10.2 Å². The van der Waals surface area contributed by atoms with E-state index in [0.29, 0.717) is 13.2 Å². The van der Waals surface area contributed by atoms with Crippen LogP contribution in [0.25, 0.3) is 0 Å². The molecular formula is C13H20N2O2S. The molecule has 2 rings (SSSR count). The van der Waals surface area contributed by atoms with Crippen LogP contribution < -0.4 is 5.32 Å². The van der Waals surface area contributed by atoms with Crippen molar-refractivity contribution in [3.8, 4) is 0 Å². The monoisotopic (exact) mass is 268 g/mol. The highest BCUT2D eigenvalue weighted by Crippen LogP contribution is 2.09. The molecule has 1 aliphatic rings. The molecule has 1 fully saturated rings. The standard InChI is InChI=1S/C13H20N2O2S/c16-13(11-15-7-2-5-14-6-8-15)17-9-4-12-3-1-10-18-12/h1,3,10,14H,2,4-9,11H2. The zero-order valence-electron chi connectivity index (χ0n) is 10.6. The molecule has 0 saturated carbocycles. The van der Waals surface area contributed by atoms with Gasteiger partial charge in [-0.15, -0.1) is 11.3 Å². The first kappa shape index (κ1) is 13.5. The number of thiophene rings is 1. The summed E-state index contributed by atoms with van der Waals surface area (Å²) < 4.78 is 5.26. The van der Waals surface area contributed by atoms with Gasteiger partial charge >= 0.3 is 5.97 Å². The summed E-state index contributed by atoms with van der Waals surface area (Å²) in [6, 6.07) is 4.09. The lowest BCUT2D eigenvalue weighted by molar-refractivity contribution is -0.144. The molecule has 1 aliphatic heterocycles. The Bertz CT molecular complexity index is 346. The minimum atomic E-state index is -0.103. The van der Waals surface area contributed by atoms with Gasteiger partial charge in [-0.3, -0.25) is 9.69 Å². The molecule has 0 spiro atoms. The minimum Gasteiger partial charge on any atom is -0.464 e. The molecule has 0 aromatic carbocycles. The van der Waals surface area contributed by atoms with Gasteiger partial charge in [0.15, 0.2) is 0 Å². The number of ether oxygens (including phenoxy) is 1. The van der Waals surface area contributed by atoms with Gasteiger partial charge in [0.1, 0.15) is 0 Å². The highest BCUT2D eigenvalue weighted by atomic mass is 32.1. The average molecular weight is 268 g/mol. The fourth-order valence-corrected chi connectivity index (χ4v) is 2.70. The third kappa shape index (κ3) is 4.76. The lowest BCUT2D eigenvalue weighted by Gasteiger charge is -2.17. The van der Waals surface area contributed by atoms with Crippen LogP contribution in [-0.4, -0.2) is 50.2 Å². The Morgan fingerprint density at radius 2 is 2.39 bits per heavy atom. The van der Waals surface area contributed by atoms with Crippen molar-refractivity contribution in [3.63, 3.8) is 0 Å². The molecule has 1 aromatic heterocycles. The van der Waals surface area contributed by atoms with Gasteiger partial charge in [0.25, 0.3) is 0 Å². The zero-order valence-corrected chi connectivity index (χ0v) is 11.4. The van der Waals surface area contributed by atoms with Crippen molar-refractivity contribution < 1.29 is 9.53 Å². The molecule has 0 atom stereocenters. The number of esters is 1. The highest BCUT2D eigenvalue weighted by molar-refractivity contribution is 7.09. The fourth-order valence-electron chi connectivity index (χ4n) is 2.01. The molecule has 100 valence electrons. The molecule has 0 aliphatic carbocycles. The Kier molecular flexibility index (Phi) is 5.64. The predicted octanol–water partition coefficient (Wildman–Crippen LogP) is 1.13. The Morgan fingerprint density at radius 1 is 1.44 bits per heavy atom. The van der Waals surface area contributed by atoms with Gasteiger partial charge in [0.2, 0.25) is 0 Å². The van der Waals surface area contributed by atoms with Crippen molar-refractivity contribution in [2.45, 2.75) is 12.8 Å². The minimum absolute atomic E-state index is 0.103. The molecule has 5 heteroatoms. The summed E-state index contributed by atoms with van der Waals surface area (Å²) in [6.07, 6.45) is 1.92. The quantitative estimate of drug-likeness (QED) is 0.813. The van der Waals surface area contributed by atoms with Gasteiger partial charge in [-0.25, -0.2) is 0 Å². The summed E-state index contributed by atoms with van der Waals surface area (Å²) >= 11 is 1.70.